The van der Waals surface area contributed by atoms with Gasteiger partial charge in [0.05, 0.1) is 0 Å². The highest BCUT2D eigenvalue weighted by Gasteiger charge is 2.23. The number of hydrogen-bond donors (Lipinski definition) is 1. The second kappa shape index (κ2) is 3.44. The van der Waals surface area contributed by atoms with Crippen LogP contribution in [0.5, 0.6) is 0 Å². The zero-order valence-corrected chi connectivity index (χ0v) is 8.18. The number of carbonyl (C=O) groups is 1. The third-order valence-corrected chi connectivity index (χ3v) is 2.26. The van der Waals surface area contributed by atoms with Crippen LogP contribution in [-0.2, 0) is 4.79 Å². The summed E-state index contributed by atoms with van der Waals surface area (Å²) >= 11 is 0. The Bertz CT molecular complexity index is 172. The van der Waals surface area contributed by atoms with E-state index in [2.05, 4.69) is 31.0 Å². The van der Waals surface area contributed by atoms with Gasteiger partial charge in [0.25, 0.3) is 0 Å². The molecule has 3 heteroatoms. The van der Waals surface area contributed by atoms with Gasteiger partial charge in [-0.05, 0) is 20.8 Å². The van der Waals surface area contributed by atoms with E-state index in [1.807, 2.05) is 0 Å². The number of carbonyl (C=O) groups excluding carboxylic acids is 1. The Labute approximate surface area is 74.1 Å². The topological polar surface area (TPSA) is 32.3 Å². The van der Waals surface area contributed by atoms with E-state index < -0.39 is 0 Å². The highest BCUT2D eigenvalue weighted by atomic mass is 16.1. The number of nitrogens with one attached hydrogen (secondary N) is 1. The minimum absolute atomic E-state index is 0.182. The maximum Gasteiger partial charge on any atom is 0.221 e. The number of hydrogen-bond acceptors (Lipinski definition) is 2. The summed E-state index contributed by atoms with van der Waals surface area (Å²) in [4.78, 5) is 13.4. The molecule has 0 unspecified atom stereocenters. The fourth-order valence-electron chi connectivity index (χ4n) is 1.44. The lowest BCUT2D eigenvalue weighted by molar-refractivity contribution is -0.120. The van der Waals surface area contributed by atoms with Crippen molar-refractivity contribution in [1.82, 2.24) is 10.2 Å². The minimum Gasteiger partial charge on any atom is -0.355 e. The predicted octanol–water partition coefficient (Wildman–Crippen LogP) is 0.607. The highest BCUT2D eigenvalue weighted by Crippen LogP contribution is 2.13. The number of rotatable bonds is 0. The van der Waals surface area contributed by atoms with Crippen molar-refractivity contribution in [3.63, 3.8) is 0 Å². The van der Waals surface area contributed by atoms with Crippen molar-refractivity contribution in [2.24, 2.45) is 0 Å². The smallest absolute Gasteiger partial charge is 0.221 e. The molecule has 3 nitrogen and oxygen atoms in total. The first-order chi connectivity index (χ1) is 5.50. The lowest BCUT2D eigenvalue weighted by atomic mass is 10.1. The fourth-order valence-corrected chi connectivity index (χ4v) is 1.44. The Morgan fingerprint density at radius 1 is 1.33 bits per heavy atom. The summed E-state index contributed by atoms with van der Waals surface area (Å²) in [5.41, 5.74) is 0.187. The van der Waals surface area contributed by atoms with Gasteiger partial charge in [0.15, 0.2) is 0 Å². The first-order valence-corrected chi connectivity index (χ1v) is 4.52. The zero-order valence-electron chi connectivity index (χ0n) is 8.18. The van der Waals surface area contributed by atoms with Gasteiger partial charge in [0, 0.05) is 31.6 Å². The van der Waals surface area contributed by atoms with Crippen LogP contribution in [0.2, 0.25) is 0 Å². The first-order valence-electron chi connectivity index (χ1n) is 4.52. The summed E-state index contributed by atoms with van der Waals surface area (Å²) in [5.74, 6) is 0.182. The number of amides is 1. The lowest BCUT2D eigenvalue weighted by Crippen LogP contribution is -2.43. The van der Waals surface area contributed by atoms with Crippen molar-refractivity contribution in [1.29, 1.82) is 0 Å². The molecule has 0 atom stereocenters. The molecule has 70 valence electrons. The van der Waals surface area contributed by atoms with Crippen LogP contribution in [0.4, 0.5) is 0 Å². The van der Waals surface area contributed by atoms with E-state index in [0.29, 0.717) is 6.42 Å². The highest BCUT2D eigenvalue weighted by molar-refractivity contribution is 5.76. The van der Waals surface area contributed by atoms with Gasteiger partial charge in [-0.1, -0.05) is 0 Å². The van der Waals surface area contributed by atoms with E-state index in [1.165, 1.54) is 0 Å². The molecule has 0 aromatic carbocycles. The molecule has 1 heterocycles. The van der Waals surface area contributed by atoms with Crippen molar-refractivity contribution in [3.8, 4) is 0 Å². The molecule has 1 rings (SSSR count). The van der Waals surface area contributed by atoms with Crippen LogP contribution in [0.3, 0.4) is 0 Å². The Balaban J connectivity index is 2.52. The van der Waals surface area contributed by atoms with Gasteiger partial charge in [-0.2, -0.15) is 0 Å². The lowest BCUT2D eigenvalue weighted by Gasteiger charge is -2.33. The van der Waals surface area contributed by atoms with Gasteiger partial charge < -0.3 is 5.32 Å². The van der Waals surface area contributed by atoms with Gasteiger partial charge in [0.1, 0.15) is 0 Å². The molecule has 0 spiro atoms. The van der Waals surface area contributed by atoms with E-state index in [9.17, 15) is 4.79 Å². The average molecular weight is 170 g/mol. The van der Waals surface area contributed by atoms with Crippen LogP contribution in [-0.4, -0.2) is 36.0 Å². The summed E-state index contributed by atoms with van der Waals surface area (Å²) in [6.45, 7) is 9.19. The molecule has 1 aliphatic heterocycles. The van der Waals surface area contributed by atoms with Crippen LogP contribution >= 0.6 is 0 Å². The molecule has 0 radical (unpaired) electrons. The van der Waals surface area contributed by atoms with Crippen molar-refractivity contribution < 1.29 is 4.79 Å². The van der Waals surface area contributed by atoms with Crippen LogP contribution in [0.15, 0.2) is 0 Å². The summed E-state index contributed by atoms with van der Waals surface area (Å²) in [7, 11) is 0. The van der Waals surface area contributed by atoms with Crippen molar-refractivity contribution in [2.75, 3.05) is 19.6 Å². The standard InChI is InChI=1S/C9H18N2O/c1-9(2,3)11-6-4-8(12)10-5-7-11/h4-7H2,1-3H3,(H,10,12). The van der Waals surface area contributed by atoms with Gasteiger partial charge in [-0.15, -0.1) is 0 Å². The second-order valence-electron chi connectivity index (χ2n) is 4.26. The third kappa shape index (κ3) is 2.48. The van der Waals surface area contributed by atoms with Gasteiger partial charge in [-0.3, -0.25) is 9.69 Å². The van der Waals surface area contributed by atoms with Crippen molar-refractivity contribution in [2.45, 2.75) is 32.7 Å². The normalized spacial score (nSPS) is 21.8. The number of nitrogens with zero attached hydrogens (tertiary/aromatic N) is 1. The molecular formula is C9H18N2O. The van der Waals surface area contributed by atoms with E-state index >= 15 is 0 Å². The van der Waals surface area contributed by atoms with Crippen molar-refractivity contribution >= 4 is 5.91 Å². The molecule has 0 bridgehead atoms. The SMILES string of the molecule is CC(C)(C)N1CCNC(=O)CC1. The summed E-state index contributed by atoms with van der Waals surface area (Å²) < 4.78 is 0. The summed E-state index contributed by atoms with van der Waals surface area (Å²) in [5, 5.41) is 2.87. The Hall–Kier alpha value is -0.570. The van der Waals surface area contributed by atoms with Crippen LogP contribution in [0, 0.1) is 0 Å². The van der Waals surface area contributed by atoms with Crippen LogP contribution in [0.25, 0.3) is 0 Å². The fraction of sp³-hybridized carbons (Fsp3) is 0.889. The van der Waals surface area contributed by atoms with E-state index in [1.54, 1.807) is 0 Å². The summed E-state index contributed by atoms with van der Waals surface area (Å²) in [6.07, 6.45) is 0.636. The summed E-state index contributed by atoms with van der Waals surface area (Å²) in [6, 6.07) is 0. The molecule has 1 saturated heterocycles. The second-order valence-corrected chi connectivity index (χ2v) is 4.26. The Kier molecular flexibility index (Phi) is 2.73. The van der Waals surface area contributed by atoms with E-state index in [0.717, 1.165) is 19.6 Å². The Morgan fingerprint density at radius 3 is 2.58 bits per heavy atom. The van der Waals surface area contributed by atoms with Crippen molar-refractivity contribution in [3.05, 3.63) is 0 Å². The maximum atomic E-state index is 11.0. The van der Waals surface area contributed by atoms with Gasteiger partial charge in [-0.25, -0.2) is 0 Å². The Morgan fingerprint density at radius 2 is 2.00 bits per heavy atom. The molecule has 0 saturated carbocycles. The largest absolute Gasteiger partial charge is 0.355 e. The molecule has 0 aromatic heterocycles. The third-order valence-electron chi connectivity index (χ3n) is 2.26. The first kappa shape index (κ1) is 9.52. The molecule has 1 amide bonds. The minimum atomic E-state index is 0.182. The zero-order chi connectivity index (χ0) is 9.19. The average Bonchev–Trinajstić information content (AvgIpc) is 2.11. The molecule has 12 heavy (non-hydrogen) atoms. The molecule has 1 fully saturated rings. The van der Waals surface area contributed by atoms with E-state index in [4.69, 9.17) is 0 Å². The molecule has 0 aromatic rings. The quantitative estimate of drug-likeness (QED) is 0.577. The van der Waals surface area contributed by atoms with E-state index in [-0.39, 0.29) is 11.4 Å². The van der Waals surface area contributed by atoms with Crippen LogP contribution < -0.4 is 5.32 Å². The molecule has 1 aliphatic rings. The monoisotopic (exact) mass is 170 g/mol. The molecule has 0 aliphatic carbocycles. The molecule has 1 N–H and O–H groups in total. The van der Waals surface area contributed by atoms with Crippen LogP contribution in [0.1, 0.15) is 27.2 Å². The van der Waals surface area contributed by atoms with Gasteiger partial charge >= 0.3 is 0 Å². The molecular weight excluding hydrogens is 152 g/mol. The predicted molar refractivity (Wildman–Crippen MR) is 49.0 cm³/mol. The van der Waals surface area contributed by atoms with Gasteiger partial charge in [0.2, 0.25) is 5.91 Å². The maximum absolute atomic E-state index is 11.0.